The third-order valence-electron chi connectivity index (χ3n) is 2.62. The van der Waals surface area contributed by atoms with Gasteiger partial charge < -0.3 is 4.90 Å². The highest BCUT2D eigenvalue weighted by molar-refractivity contribution is 6.29. The first kappa shape index (κ1) is 15.9. The molecule has 0 aliphatic rings. The van der Waals surface area contributed by atoms with Crippen LogP contribution in [-0.2, 0) is 5.41 Å². The van der Waals surface area contributed by atoms with Crippen molar-refractivity contribution in [2.45, 2.75) is 26.2 Å². The van der Waals surface area contributed by atoms with E-state index in [1.165, 1.54) is 6.07 Å². The lowest BCUT2D eigenvalue weighted by Crippen LogP contribution is -2.32. The van der Waals surface area contributed by atoms with E-state index in [0.29, 0.717) is 11.3 Å². The van der Waals surface area contributed by atoms with E-state index in [1.54, 1.807) is 6.07 Å². The van der Waals surface area contributed by atoms with Crippen LogP contribution in [0.25, 0.3) is 0 Å². The number of nitriles is 2. The van der Waals surface area contributed by atoms with Crippen molar-refractivity contribution in [2.24, 2.45) is 0 Å². The fourth-order valence-corrected chi connectivity index (χ4v) is 1.77. The van der Waals surface area contributed by atoms with Gasteiger partial charge in [-0.1, -0.05) is 32.4 Å². The Morgan fingerprint density at radius 2 is 1.85 bits per heavy atom. The van der Waals surface area contributed by atoms with E-state index in [-0.39, 0.29) is 23.7 Å². The van der Waals surface area contributed by atoms with Crippen molar-refractivity contribution in [3.8, 4) is 12.1 Å². The normalized spacial score (nSPS) is 10.5. The van der Waals surface area contributed by atoms with Gasteiger partial charge in [0.25, 0.3) is 5.91 Å². The minimum Gasteiger partial charge on any atom is -0.312 e. The van der Waals surface area contributed by atoms with Gasteiger partial charge in [0.15, 0.2) is 0 Å². The monoisotopic (exact) mass is 290 g/mol. The Labute approximate surface area is 123 Å². The molecule has 1 heterocycles. The third-order valence-corrected chi connectivity index (χ3v) is 2.81. The first-order valence-electron chi connectivity index (χ1n) is 6.01. The molecule has 0 N–H and O–H groups in total. The highest BCUT2D eigenvalue weighted by Gasteiger charge is 2.21. The summed E-state index contributed by atoms with van der Waals surface area (Å²) in [4.78, 5) is 17.7. The van der Waals surface area contributed by atoms with Gasteiger partial charge in [-0.25, -0.2) is 4.98 Å². The van der Waals surface area contributed by atoms with Gasteiger partial charge in [0, 0.05) is 16.7 Å². The van der Waals surface area contributed by atoms with Crippen molar-refractivity contribution in [3.05, 3.63) is 28.5 Å². The quantitative estimate of drug-likeness (QED) is 0.633. The topological polar surface area (TPSA) is 80.8 Å². The second-order valence-electron chi connectivity index (χ2n) is 5.29. The molecule has 1 aromatic heterocycles. The molecule has 0 aromatic carbocycles. The standard InChI is InChI=1S/C14H15ClN4O/c1-14(2,3)11-8-10(9-12(15)18-11)13(20)19(6-4-16)7-5-17/h8-9H,6-7H2,1-3H3. The summed E-state index contributed by atoms with van der Waals surface area (Å²) in [6, 6.07) is 6.83. The summed E-state index contributed by atoms with van der Waals surface area (Å²) in [5, 5.41) is 17.6. The minimum atomic E-state index is -0.400. The SMILES string of the molecule is CC(C)(C)c1cc(C(=O)N(CC#N)CC#N)cc(Cl)n1. The molecule has 0 aliphatic heterocycles. The molecule has 5 nitrogen and oxygen atoms in total. The second kappa shape index (κ2) is 6.36. The van der Waals surface area contributed by atoms with Crippen molar-refractivity contribution < 1.29 is 4.79 Å². The lowest BCUT2D eigenvalue weighted by atomic mass is 9.91. The average molecular weight is 291 g/mol. The van der Waals surface area contributed by atoms with Crippen LogP contribution >= 0.6 is 11.6 Å². The van der Waals surface area contributed by atoms with E-state index in [0.717, 1.165) is 4.90 Å². The molecule has 0 radical (unpaired) electrons. The molecule has 1 rings (SSSR count). The van der Waals surface area contributed by atoms with E-state index < -0.39 is 5.91 Å². The van der Waals surface area contributed by atoms with Crippen LogP contribution in [-0.4, -0.2) is 28.9 Å². The summed E-state index contributed by atoms with van der Waals surface area (Å²) in [5.74, 6) is -0.400. The Bertz CT molecular complexity index is 577. The molecule has 1 aromatic rings. The summed E-state index contributed by atoms with van der Waals surface area (Å²) < 4.78 is 0. The Kier molecular flexibility index (Phi) is 5.07. The smallest absolute Gasteiger partial charge is 0.255 e. The van der Waals surface area contributed by atoms with Gasteiger partial charge >= 0.3 is 0 Å². The van der Waals surface area contributed by atoms with E-state index >= 15 is 0 Å². The maximum absolute atomic E-state index is 12.3. The molecular formula is C14H15ClN4O. The van der Waals surface area contributed by atoms with Crippen molar-refractivity contribution in [2.75, 3.05) is 13.1 Å². The fourth-order valence-electron chi connectivity index (χ4n) is 1.56. The van der Waals surface area contributed by atoms with Crippen molar-refractivity contribution in [3.63, 3.8) is 0 Å². The van der Waals surface area contributed by atoms with Gasteiger partial charge in [0.1, 0.15) is 18.2 Å². The van der Waals surface area contributed by atoms with E-state index in [2.05, 4.69) is 4.98 Å². The average Bonchev–Trinajstić information content (AvgIpc) is 2.36. The van der Waals surface area contributed by atoms with Crippen LogP contribution in [0.4, 0.5) is 0 Å². The zero-order valence-electron chi connectivity index (χ0n) is 11.6. The van der Waals surface area contributed by atoms with Crippen molar-refractivity contribution in [1.82, 2.24) is 9.88 Å². The zero-order valence-corrected chi connectivity index (χ0v) is 12.4. The van der Waals surface area contributed by atoms with Gasteiger partial charge in [-0.05, 0) is 12.1 Å². The Morgan fingerprint density at radius 1 is 1.30 bits per heavy atom. The van der Waals surface area contributed by atoms with Gasteiger partial charge in [0.2, 0.25) is 0 Å². The highest BCUT2D eigenvalue weighted by atomic mass is 35.5. The highest BCUT2D eigenvalue weighted by Crippen LogP contribution is 2.24. The summed E-state index contributed by atoms with van der Waals surface area (Å²) in [6.07, 6.45) is 0. The fraction of sp³-hybridized carbons (Fsp3) is 0.429. The molecule has 0 saturated heterocycles. The van der Waals surface area contributed by atoms with Crippen LogP contribution in [0.2, 0.25) is 5.15 Å². The molecule has 104 valence electrons. The molecule has 6 heteroatoms. The molecule has 0 unspecified atom stereocenters. The molecule has 0 bridgehead atoms. The van der Waals surface area contributed by atoms with Crippen LogP contribution in [0.15, 0.2) is 12.1 Å². The number of amides is 1. The van der Waals surface area contributed by atoms with Crippen LogP contribution in [0.1, 0.15) is 36.8 Å². The van der Waals surface area contributed by atoms with Crippen LogP contribution < -0.4 is 0 Å². The summed E-state index contributed by atoms with van der Waals surface area (Å²) in [5.41, 5.74) is 0.762. The largest absolute Gasteiger partial charge is 0.312 e. The Hall–Kier alpha value is -2.11. The molecule has 0 aliphatic carbocycles. The summed E-state index contributed by atoms with van der Waals surface area (Å²) >= 11 is 5.95. The first-order valence-corrected chi connectivity index (χ1v) is 6.38. The Morgan fingerprint density at radius 3 is 2.30 bits per heavy atom. The van der Waals surface area contributed by atoms with Gasteiger partial charge in [-0.15, -0.1) is 0 Å². The molecule has 0 saturated carbocycles. The van der Waals surface area contributed by atoms with Gasteiger partial charge in [0.05, 0.1) is 12.1 Å². The van der Waals surface area contributed by atoms with Crippen molar-refractivity contribution >= 4 is 17.5 Å². The van der Waals surface area contributed by atoms with E-state index in [4.69, 9.17) is 22.1 Å². The number of carbonyl (C=O) groups is 1. The predicted molar refractivity (Wildman–Crippen MR) is 75.1 cm³/mol. The van der Waals surface area contributed by atoms with Crippen molar-refractivity contribution in [1.29, 1.82) is 10.5 Å². The van der Waals surface area contributed by atoms with Gasteiger partial charge in [-0.2, -0.15) is 10.5 Å². The van der Waals surface area contributed by atoms with Crippen LogP contribution in [0.3, 0.4) is 0 Å². The lowest BCUT2D eigenvalue weighted by Gasteiger charge is -2.20. The molecule has 0 spiro atoms. The number of nitrogens with zero attached hydrogens (tertiary/aromatic N) is 4. The number of hydrogen-bond donors (Lipinski definition) is 0. The Balaban J connectivity index is 3.19. The molecular weight excluding hydrogens is 276 g/mol. The number of pyridine rings is 1. The molecule has 1 amide bonds. The third kappa shape index (κ3) is 3.94. The second-order valence-corrected chi connectivity index (χ2v) is 5.68. The van der Waals surface area contributed by atoms with Crippen LogP contribution in [0, 0.1) is 22.7 Å². The number of hydrogen-bond acceptors (Lipinski definition) is 4. The number of rotatable bonds is 3. The molecule has 0 atom stereocenters. The minimum absolute atomic E-state index is 0.142. The summed E-state index contributed by atoms with van der Waals surface area (Å²) in [6.45, 7) is 5.60. The molecule has 20 heavy (non-hydrogen) atoms. The van der Waals surface area contributed by atoms with E-state index in [1.807, 2.05) is 32.9 Å². The number of aromatic nitrogens is 1. The maximum atomic E-state index is 12.3. The van der Waals surface area contributed by atoms with Crippen LogP contribution in [0.5, 0.6) is 0 Å². The van der Waals surface area contributed by atoms with Gasteiger partial charge in [-0.3, -0.25) is 4.79 Å². The van der Waals surface area contributed by atoms with E-state index in [9.17, 15) is 4.79 Å². The summed E-state index contributed by atoms with van der Waals surface area (Å²) in [7, 11) is 0. The maximum Gasteiger partial charge on any atom is 0.255 e. The first-order chi connectivity index (χ1) is 9.29. The molecule has 0 fully saturated rings. The predicted octanol–water partition coefficient (Wildman–Crippen LogP) is 2.52. The zero-order chi connectivity index (χ0) is 15.3. The number of halogens is 1. The number of carbonyl (C=O) groups excluding carboxylic acids is 1. The lowest BCUT2D eigenvalue weighted by molar-refractivity contribution is 0.0794.